The summed E-state index contributed by atoms with van der Waals surface area (Å²) in [6.07, 6.45) is 5.44. The Hall–Kier alpha value is -2.61. The smallest absolute Gasteiger partial charge is 0.181 e. The van der Waals surface area contributed by atoms with Crippen molar-refractivity contribution in [3.8, 4) is 0 Å². The summed E-state index contributed by atoms with van der Waals surface area (Å²) in [7, 11) is 2.20. The number of nitrogens with one attached hydrogen (secondary N) is 2. The molecule has 2 N–H and O–H groups in total. The van der Waals surface area contributed by atoms with Crippen molar-refractivity contribution in [1.82, 2.24) is 20.4 Å². The van der Waals surface area contributed by atoms with Crippen LogP contribution in [0.2, 0.25) is 0 Å². The van der Waals surface area contributed by atoms with Gasteiger partial charge < -0.3 is 10.2 Å². The van der Waals surface area contributed by atoms with E-state index >= 15 is 0 Å². The molecule has 0 spiro atoms. The summed E-state index contributed by atoms with van der Waals surface area (Å²) in [5, 5.41) is 6.87. The lowest BCUT2D eigenvalue weighted by Crippen LogP contribution is -2.53. The van der Waals surface area contributed by atoms with Gasteiger partial charge in [-0.05, 0) is 67.8 Å². The maximum Gasteiger partial charge on any atom is 0.181 e. The number of hydrogen-bond acceptors (Lipinski definition) is 5. The van der Waals surface area contributed by atoms with E-state index in [2.05, 4.69) is 63.7 Å². The van der Waals surface area contributed by atoms with Crippen LogP contribution in [-0.2, 0) is 13.0 Å². The van der Waals surface area contributed by atoms with Gasteiger partial charge in [-0.3, -0.25) is 15.2 Å². The average molecular weight is 468 g/mol. The Kier molecular flexibility index (Phi) is 7.76. The number of piperazine rings is 1. The van der Waals surface area contributed by atoms with Crippen LogP contribution < -0.4 is 10.6 Å². The summed E-state index contributed by atoms with van der Waals surface area (Å²) in [6.45, 7) is 9.01. The highest BCUT2D eigenvalue weighted by molar-refractivity contribution is 5.86. The van der Waals surface area contributed by atoms with Gasteiger partial charge in [0.1, 0.15) is 11.6 Å². The second-order valence-corrected chi connectivity index (χ2v) is 9.51. The molecule has 0 bridgehead atoms. The lowest BCUT2D eigenvalue weighted by Gasteiger charge is -2.39. The van der Waals surface area contributed by atoms with E-state index in [1.54, 1.807) is 6.21 Å². The molecule has 2 aromatic rings. The zero-order valence-electron chi connectivity index (χ0n) is 20.3. The van der Waals surface area contributed by atoms with Gasteiger partial charge in [0.25, 0.3) is 0 Å². The molecule has 7 heteroatoms. The molecule has 2 aromatic carbocycles. The Balaban J connectivity index is 1.38. The predicted molar refractivity (Wildman–Crippen MR) is 135 cm³/mol. The molecule has 1 saturated heterocycles. The number of halogens is 2. The molecular weight excluding hydrogens is 432 g/mol. The van der Waals surface area contributed by atoms with E-state index < -0.39 is 17.4 Å². The summed E-state index contributed by atoms with van der Waals surface area (Å²) >= 11 is 0. The summed E-state index contributed by atoms with van der Waals surface area (Å²) in [4.78, 5) is 9.56. The van der Waals surface area contributed by atoms with Crippen LogP contribution in [0.25, 0.3) is 5.70 Å². The Morgan fingerprint density at radius 3 is 2.68 bits per heavy atom. The van der Waals surface area contributed by atoms with Gasteiger partial charge in [-0.1, -0.05) is 25.1 Å². The molecule has 2 unspecified atom stereocenters. The first-order valence-corrected chi connectivity index (χ1v) is 12.1. The van der Waals surface area contributed by atoms with E-state index in [1.807, 2.05) is 13.0 Å². The fraction of sp³-hybridized carbons (Fsp3) is 0.444. The van der Waals surface area contributed by atoms with Crippen LogP contribution in [0.5, 0.6) is 0 Å². The molecule has 0 amide bonds. The molecule has 182 valence electrons. The number of allylic oxidation sites excluding steroid dienone is 1. The highest BCUT2D eigenvalue weighted by Gasteiger charge is 2.26. The van der Waals surface area contributed by atoms with Gasteiger partial charge in [0.15, 0.2) is 5.79 Å². The lowest BCUT2D eigenvalue weighted by atomic mass is 10.0. The predicted octanol–water partition coefficient (Wildman–Crippen LogP) is 4.01. The van der Waals surface area contributed by atoms with Crippen LogP contribution in [0.1, 0.15) is 37.0 Å². The fourth-order valence-electron chi connectivity index (χ4n) is 4.78. The minimum absolute atomic E-state index is 0.500. The molecule has 0 radical (unpaired) electrons. The van der Waals surface area contributed by atoms with Crippen molar-refractivity contribution in [3.63, 3.8) is 0 Å². The summed E-state index contributed by atoms with van der Waals surface area (Å²) in [5.41, 5.74) is 4.03. The van der Waals surface area contributed by atoms with Crippen LogP contribution in [0.4, 0.5) is 8.78 Å². The molecule has 2 aliphatic rings. The van der Waals surface area contributed by atoms with E-state index in [0.29, 0.717) is 24.6 Å². The van der Waals surface area contributed by atoms with Gasteiger partial charge in [0, 0.05) is 56.7 Å². The highest BCUT2D eigenvalue weighted by atomic mass is 19.1. The molecule has 34 heavy (non-hydrogen) atoms. The highest BCUT2D eigenvalue weighted by Crippen LogP contribution is 2.22. The molecule has 2 heterocycles. The molecule has 0 aliphatic carbocycles. The van der Waals surface area contributed by atoms with Crippen LogP contribution in [0, 0.1) is 11.6 Å². The SMILES string of the molecule is CCC1CN(C)CCN1Cc1cccc(C2=CC=NC(C)(NCCc3cc(F)cc(F)c3)N2)c1. The Morgan fingerprint density at radius 1 is 1.12 bits per heavy atom. The van der Waals surface area contributed by atoms with Gasteiger partial charge >= 0.3 is 0 Å². The first kappa shape index (κ1) is 24.5. The Morgan fingerprint density at radius 2 is 1.91 bits per heavy atom. The largest absolute Gasteiger partial charge is 0.349 e. The van der Waals surface area contributed by atoms with Crippen molar-refractivity contribution in [2.45, 2.75) is 45.1 Å². The third-order valence-corrected chi connectivity index (χ3v) is 6.66. The summed E-state index contributed by atoms with van der Waals surface area (Å²) < 4.78 is 26.9. The van der Waals surface area contributed by atoms with E-state index in [0.717, 1.165) is 49.9 Å². The molecule has 2 aliphatic heterocycles. The van der Waals surface area contributed by atoms with Crippen molar-refractivity contribution in [1.29, 1.82) is 0 Å². The maximum atomic E-state index is 13.5. The van der Waals surface area contributed by atoms with Gasteiger partial charge in [-0.15, -0.1) is 0 Å². The normalized spacial score (nSPS) is 23.6. The van der Waals surface area contributed by atoms with Crippen molar-refractivity contribution >= 4 is 11.9 Å². The lowest BCUT2D eigenvalue weighted by molar-refractivity contribution is 0.0812. The molecule has 0 aromatic heterocycles. The topological polar surface area (TPSA) is 42.9 Å². The zero-order chi connectivity index (χ0) is 24.1. The summed E-state index contributed by atoms with van der Waals surface area (Å²) in [6, 6.07) is 12.9. The molecule has 4 rings (SSSR count). The molecule has 5 nitrogen and oxygen atoms in total. The van der Waals surface area contributed by atoms with Gasteiger partial charge in [-0.2, -0.15) is 0 Å². The van der Waals surface area contributed by atoms with E-state index in [4.69, 9.17) is 0 Å². The fourth-order valence-corrected chi connectivity index (χ4v) is 4.78. The molecule has 1 fully saturated rings. The number of hydrogen-bond donors (Lipinski definition) is 2. The first-order valence-electron chi connectivity index (χ1n) is 12.1. The van der Waals surface area contributed by atoms with Gasteiger partial charge in [0.2, 0.25) is 0 Å². The monoisotopic (exact) mass is 467 g/mol. The number of rotatable bonds is 8. The Bertz CT molecular complexity index is 1030. The van der Waals surface area contributed by atoms with E-state index in [1.165, 1.54) is 17.7 Å². The first-order chi connectivity index (χ1) is 16.3. The van der Waals surface area contributed by atoms with E-state index in [-0.39, 0.29) is 0 Å². The average Bonchev–Trinajstić information content (AvgIpc) is 2.80. The van der Waals surface area contributed by atoms with E-state index in [9.17, 15) is 8.78 Å². The second kappa shape index (κ2) is 10.8. The van der Waals surface area contributed by atoms with Crippen molar-refractivity contribution in [2.24, 2.45) is 4.99 Å². The van der Waals surface area contributed by atoms with Crippen molar-refractivity contribution in [2.75, 3.05) is 33.2 Å². The van der Waals surface area contributed by atoms with Gasteiger partial charge in [0.05, 0.1) is 0 Å². The van der Waals surface area contributed by atoms with Crippen LogP contribution in [0.15, 0.2) is 53.5 Å². The minimum atomic E-state index is -0.698. The van der Waals surface area contributed by atoms with Crippen molar-refractivity contribution < 1.29 is 8.78 Å². The van der Waals surface area contributed by atoms with Crippen molar-refractivity contribution in [3.05, 3.63) is 76.9 Å². The second-order valence-electron chi connectivity index (χ2n) is 9.51. The molecule has 0 saturated carbocycles. The summed E-state index contributed by atoms with van der Waals surface area (Å²) in [5.74, 6) is -1.81. The number of likely N-dealkylation sites (N-methyl/N-ethyl adjacent to an activating group) is 1. The number of benzene rings is 2. The Labute approximate surface area is 201 Å². The van der Waals surface area contributed by atoms with Crippen LogP contribution >= 0.6 is 0 Å². The van der Waals surface area contributed by atoms with Gasteiger partial charge in [-0.25, -0.2) is 8.78 Å². The minimum Gasteiger partial charge on any atom is -0.349 e. The number of nitrogens with zero attached hydrogens (tertiary/aromatic N) is 3. The third-order valence-electron chi connectivity index (χ3n) is 6.66. The molecule has 2 atom stereocenters. The molecular formula is C27H35F2N5. The standard InChI is InChI=1S/C27H35F2N5/c1-4-25-19-33(3)12-13-34(25)18-21-6-5-7-22(14-21)26-9-11-31-27(2,32-26)30-10-8-20-15-23(28)17-24(29)16-20/h5-7,9,11,14-17,25,30,32H,4,8,10,12-13,18-19H2,1-3H3. The quantitative estimate of drug-likeness (QED) is 0.616. The third kappa shape index (κ3) is 6.29. The maximum absolute atomic E-state index is 13.5. The number of aliphatic imine (C=N–C) groups is 1. The van der Waals surface area contributed by atoms with Crippen LogP contribution in [0.3, 0.4) is 0 Å². The zero-order valence-corrected chi connectivity index (χ0v) is 20.3. The van der Waals surface area contributed by atoms with Crippen LogP contribution in [-0.4, -0.2) is 61.1 Å².